The van der Waals surface area contributed by atoms with E-state index in [1.54, 1.807) is 6.92 Å². The van der Waals surface area contributed by atoms with Gasteiger partial charge in [0.25, 0.3) is 0 Å². The van der Waals surface area contributed by atoms with Crippen molar-refractivity contribution in [3.8, 4) is 0 Å². The zero-order valence-electron chi connectivity index (χ0n) is 8.13. The molecule has 0 bridgehead atoms. The number of nitrogens with two attached hydrogens (primary N) is 1. The van der Waals surface area contributed by atoms with Gasteiger partial charge in [0.05, 0.1) is 11.4 Å². The monoisotopic (exact) mass is 231 g/mol. The standard InChI is InChI=1S/C10H11ClFNO2/c1-5-2-6(8(13)4-9(14)15)10(12)7(11)3-5/h2-3,8H,4,13H2,1H3,(H,14,15). The van der Waals surface area contributed by atoms with Gasteiger partial charge in [0.15, 0.2) is 0 Å². The van der Waals surface area contributed by atoms with Crippen LogP contribution in [0.25, 0.3) is 0 Å². The third-order valence-corrected chi connectivity index (χ3v) is 2.27. The normalized spacial score (nSPS) is 12.5. The van der Waals surface area contributed by atoms with Gasteiger partial charge in [0, 0.05) is 11.6 Å². The number of hydrogen-bond donors (Lipinski definition) is 2. The van der Waals surface area contributed by atoms with Crippen molar-refractivity contribution in [2.24, 2.45) is 5.73 Å². The van der Waals surface area contributed by atoms with Crippen LogP contribution in [0.2, 0.25) is 5.02 Å². The van der Waals surface area contributed by atoms with E-state index in [0.29, 0.717) is 0 Å². The summed E-state index contributed by atoms with van der Waals surface area (Å²) in [4.78, 5) is 10.4. The van der Waals surface area contributed by atoms with Crippen LogP contribution in [0.15, 0.2) is 12.1 Å². The summed E-state index contributed by atoms with van der Waals surface area (Å²) in [5.41, 5.74) is 6.44. The van der Waals surface area contributed by atoms with Crippen molar-refractivity contribution in [3.05, 3.63) is 34.1 Å². The molecular weight excluding hydrogens is 221 g/mol. The summed E-state index contributed by atoms with van der Waals surface area (Å²) in [5.74, 6) is -1.71. The molecule has 0 saturated heterocycles. The van der Waals surface area contributed by atoms with Gasteiger partial charge in [-0.1, -0.05) is 17.7 Å². The molecule has 1 atom stereocenters. The lowest BCUT2D eigenvalue weighted by molar-refractivity contribution is -0.137. The Bertz CT molecular complexity index is 395. The average Bonchev–Trinajstić information content (AvgIpc) is 2.09. The van der Waals surface area contributed by atoms with E-state index >= 15 is 0 Å². The number of aliphatic carboxylic acids is 1. The minimum absolute atomic E-state index is 0.0363. The maximum absolute atomic E-state index is 13.5. The van der Waals surface area contributed by atoms with E-state index in [-0.39, 0.29) is 17.0 Å². The van der Waals surface area contributed by atoms with E-state index in [9.17, 15) is 9.18 Å². The fourth-order valence-corrected chi connectivity index (χ4v) is 1.60. The van der Waals surface area contributed by atoms with Crippen molar-refractivity contribution in [2.75, 3.05) is 0 Å². The maximum atomic E-state index is 13.5. The van der Waals surface area contributed by atoms with Crippen molar-refractivity contribution in [3.63, 3.8) is 0 Å². The van der Waals surface area contributed by atoms with Crippen LogP contribution in [0.5, 0.6) is 0 Å². The Morgan fingerprint density at radius 3 is 2.80 bits per heavy atom. The molecule has 0 fully saturated rings. The van der Waals surface area contributed by atoms with Gasteiger partial charge in [-0.3, -0.25) is 4.79 Å². The molecule has 0 spiro atoms. The Labute approximate surface area is 91.7 Å². The van der Waals surface area contributed by atoms with Crippen LogP contribution < -0.4 is 5.73 Å². The number of halogens is 2. The quantitative estimate of drug-likeness (QED) is 0.839. The molecule has 0 saturated carbocycles. The molecule has 3 N–H and O–H groups in total. The molecule has 5 heteroatoms. The average molecular weight is 232 g/mol. The van der Waals surface area contributed by atoms with E-state index in [2.05, 4.69) is 0 Å². The van der Waals surface area contributed by atoms with Crippen molar-refractivity contribution < 1.29 is 14.3 Å². The Morgan fingerprint density at radius 2 is 2.27 bits per heavy atom. The minimum Gasteiger partial charge on any atom is -0.481 e. The number of rotatable bonds is 3. The topological polar surface area (TPSA) is 63.3 Å². The predicted molar refractivity (Wildman–Crippen MR) is 55.3 cm³/mol. The Kier molecular flexibility index (Phi) is 3.66. The lowest BCUT2D eigenvalue weighted by Gasteiger charge is -2.12. The molecule has 0 aliphatic rings. The maximum Gasteiger partial charge on any atom is 0.305 e. The first-order chi connectivity index (χ1) is 6.91. The summed E-state index contributed by atoms with van der Waals surface area (Å²) < 4.78 is 13.5. The molecule has 0 aliphatic heterocycles. The first-order valence-corrected chi connectivity index (χ1v) is 4.72. The highest BCUT2D eigenvalue weighted by atomic mass is 35.5. The second-order valence-electron chi connectivity index (χ2n) is 3.35. The third kappa shape index (κ3) is 2.91. The fraction of sp³-hybridized carbons (Fsp3) is 0.300. The highest BCUT2D eigenvalue weighted by Crippen LogP contribution is 2.25. The van der Waals surface area contributed by atoms with Gasteiger partial charge >= 0.3 is 5.97 Å². The molecule has 0 aliphatic carbocycles. The van der Waals surface area contributed by atoms with Crippen LogP contribution in [-0.2, 0) is 4.79 Å². The number of aryl methyl sites for hydroxylation is 1. The second kappa shape index (κ2) is 4.59. The van der Waals surface area contributed by atoms with Gasteiger partial charge in [-0.15, -0.1) is 0 Å². The first kappa shape index (κ1) is 11.9. The van der Waals surface area contributed by atoms with Crippen molar-refractivity contribution >= 4 is 17.6 Å². The molecule has 1 unspecified atom stereocenters. The molecule has 82 valence electrons. The Hall–Kier alpha value is -1.13. The summed E-state index contributed by atoms with van der Waals surface area (Å²) in [7, 11) is 0. The number of carbonyl (C=O) groups is 1. The molecule has 1 rings (SSSR count). The van der Waals surface area contributed by atoms with Crippen molar-refractivity contribution in [2.45, 2.75) is 19.4 Å². The molecule has 3 nitrogen and oxygen atoms in total. The first-order valence-electron chi connectivity index (χ1n) is 4.34. The van der Waals surface area contributed by atoms with Gasteiger partial charge in [-0.05, 0) is 18.6 Å². The van der Waals surface area contributed by atoms with E-state index in [4.69, 9.17) is 22.4 Å². The zero-order chi connectivity index (χ0) is 11.6. The Morgan fingerprint density at radius 1 is 1.67 bits per heavy atom. The SMILES string of the molecule is Cc1cc(Cl)c(F)c(C(N)CC(=O)O)c1. The highest BCUT2D eigenvalue weighted by molar-refractivity contribution is 6.30. The molecule has 0 amide bonds. The van der Waals surface area contributed by atoms with Gasteiger partial charge in [-0.2, -0.15) is 0 Å². The number of carboxylic acid groups (broad SMARTS) is 1. The number of carboxylic acids is 1. The summed E-state index contributed by atoms with van der Waals surface area (Å²) >= 11 is 5.62. The van der Waals surface area contributed by atoms with Crippen LogP contribution in [0.3, 0.4) is 0 Å². The van der Waals surface area contributed by atoms with Crippen LogP contribution in [0.1, 0.15) is 23.6 Å². The molecule has 1 aromatic carbocycles. The molecule has 0 aromatic heterocycles. The van der Waals surface area contributed by atoms with Crippen molar-refractivity contribution in [1.82, 2.24) is 0 Å². The van der Waals surface area contributed by atoms with Crippen LogP contribution >= 0.6 is 11.6 Å². The second-order valence-corrected chi connectivity index (χ2v) is 3.76. The lowest BCUT2D eigenvalue weighted by atomic mass is 10.0. The van der Waals surface area contributed by atoms with Gasteiger partial charge in [-0.25, -0.2) is 4.39 Å². The number of hydrogen-bond acceptors (Lipinski definition) is 2. The summed E-state index contributed by atoms with van der Waals surface area (Å²) in [6.07, 6.45) is -0.323. The summed E-state index contributed by atoms with van der Waals surface area (Å²) in [6, 6.07) is 2.10. The van der Waals surface area contributed by atoms with E-state index in [1.165, 1.54) is 12.1 Å². The van der Waals surface area contributed by atoms with E-state index in [1.807, 2.05) is 0 Å². The predicted octanol–water partition coefficient (Wildman–Crippen LogP) is 2.26. The Balaban J connectivity index is 3.07. The van der Waals surface area contributed by atoms with Crippen molar-refractivity contribution in [1.29, 1.82) is 0 Å². The zero-order valence-corrected chi connectivity index (χ0v) is 8.88. The molecular formula is C10H11ClFNO2. The largest absolute Gasteiger partial charge is 0.481 e. The highest BCUT2D eigenvalue weighted by Gasteiger charge is 2.17. The molecule has 1 aromatic rings. The molecule has 0 radical (unpaired) electrons. The smallest absolute Gasteiger partial charge is 0.305 e. The molecule has 0 heterocycles. The summed E-state index contributed by atoms with van der Waals surface area (Å²) in [6.45, 7) is 1.74. The van der Waals surface area contributed by atoms with E-state index < -0.39 is 17.8 Å². The van der Waals surface area contributed by atoms with Crippen LogP contribution in [-0.4, -0.2) is 11.1 Å². The minimum atomic E-state index is -1.07. The fourth-order valence-electron chi connectivity index (χ4n) is 1.32. The third-order valence-electron chi connectivity index (χ3n) is 1.99. The van der Waals surface area contributed by atoms with Gasteiger partial charge < -0.3 is 10.8 Å². The van der Waals surface area contributed by atoms with Gasteiger partial charge in [0.2, 0.25) is 0 Å². The van der Waals surface area contributed by atoms with Gasteiger partial charge in [0.1, 0.15) is 5.82 Å². The van der Waals surface area contributed by atoms with Crippen LogP contribution in [0, 0.1) is 12.7 Å². The number of benzene rings is 1. The van der Waals surface area contributed by atoms with Crippen LogP contribution in [0.4, 0.5) is 4.39 Å². The molecule has 15 heavy (non-hydrogen) atoms. The lowest BCUT2D eigenvalue weighted by Crippen LogP contribution is -2.16. The summed E-state index contributed by atoms with van der Waals surface area (Å²) in [5, 5.41) is 8.50. The van der Waals surface area contributed by atoms with E-state index in [0.717, 1.165) is 5.56 Å².